The number of halogens is 1. The zero-order chi connectivity index (χ0) is 21.0. The fraction of sp³-hybridized carbons (Fsp3) is 0.444. The normalized spacial score (nSPS) is 12.8. The third kappa shape index (κ3) is 3.22. The average Bonchev–Trinajstić information content (AvgIpc) is 3.24. The maximum Gasteiger partial charge on any atom is 0.312 e. The number of imidazole rings is 1. The number of nitrogens with one attached hydrogen (secondary N) is 1. The summed E-state index contributed by atoms with van der Waals surface area (Å²) in [6, 6.07) is 0. The first-order valence-electron chi connectivity index (χ1n) is 9.18. The molecule has 0 aliphatic carbocycles. The maximum absolute atomic E-state index is 14.1. The standard InChI is InChI=1S/C18H23FN10/c1-17(2,3)28-9-23-12-14(24-16(19)25-15(12)28)22-8-18(4,5)29-13-10(20)6-21-7-11(13)26-27-29/h6-7,9H,8,20H2,1-5H3,(H,22,24,25). The highest BCUT2D eigenvalue weighted by molar-refractivity contribution is 5.85. The van der Waals surface area contributed by atoms with Gasteiger partial charge in [-0.05, 0) is 34.6 Å². The molecular formula is C18H23FN10. The van der Waals surface area contributed by atoms with Crippen LogP contribution in [0.2, 0.25) is 0 Å². The molecule has 4 heterocycles. The Morgan fingerprint density at radius 3 is 2.62 bits per heavy atom. The Hall–Kier alpha value is -3.37. The molecule has 4 aromatic rings. The van der Waals surface area contributed by atoms with E-state index < -0.39 is 11.6 Å². The van der Waals surface area contributed by atoms with Crippen LogP contribution in [0.4, 0.5) is 15.9 Å². The molecule has 0 aliphatic rings. The number of nitrogens with two attached hydrogens (primary N) is 1. The Morgan fingerprint density at radius 1 is 1.14 bits per heavy atom. The predicted molar refractivity (Wildman–Crippen MR) is 108 cm³/mol. The van der Waals surface area contributed by atoms with E-state index in [1.165, 1.54) is 0 Å². The minimum absolute atomic E-state index is 0.294. The van der Waals surface area contributed by atoms with Crippen molar-refractivity contribution in [3.8, 4) is 0 Å². The average molecular weight is 398 g/mol. The molecule has 0 fully saturated rings. The Labute approximate surface area is 166 Å². The summed E-state index contributed by atoms with van der Waals surface area (Å²) >= 11 is 0. The monoisotopic (exact) mass is 398 g/mol. The minimum atomic E-state index is -0.815. The van der Waals surface area contributed by atoms with Crippen LogP contribution in [-0.2, 0) is 11.1 Å². The van der Waals surface area contributed by atoms with Gasteiger partial charge < -0.3 is 15.6 Å². The van der Waals surface area contributed by atoms with Gasteiger partial charge in [-0.2, -0.15) is 14.4 Å². The van der Waals surface area contributed by atoms with E-state index in [1.807, 2.05) is 39.2 Å². The number of anilines is 2. The number of aromatic nitrogens is 8. The van der Waals surface area contributed by atoms with Crippen LogP contribution in [0.1, 0.15) is 34.6 Å². The van der Waals surface area contributed by atoms with Crippen LogP contribution in [0.3, 0.4) is 0 Å². The first kappa shape index (κ1) is 19.0. The number of nitrogen functional groups attached to an aromatic ring is 1. The van der Waals surface area contributed by atoms with Crippen molar-refractivity contribution in [1.82, 2.24) is 39.5 Å². The first-order chi connectivity index (χ1) is 13.6. The van der Waals surface area contributed by atoms with Crippen molar-refractivity contribution in [3.63, 3.8) is 0 Å². The topological polar surface area (TPSA) is 125 Å². The Morgan fingerprint density at radius 2 is 1.90 bits per heavy atom. The molecule has 0 aromatic carbocycles. The van der Waals surface area contributed by atoms with Gasteiger partial charge in [-0.1, -0.05) is 5.21 Å². The van der Waals surface area contributed by atoms with Gasteiger partial charge in [-0.25, -0.2) is 9.67 Å². The third-order valence-corrected chi connectivity index (χ3v) is 4.73. The fourth-order valence-electron chi connectivity index (χ4n) is 3.19. The highest BCUT2D eigenvalue weighted by Crippen LogP contribution is 2.27. The second kappa shape index (κ2) is 6.33. The van der Waals surface area contributed by atoms with Gasteiger partial charge in [-0.3, -0.25) is 4.98 Å². The van der Waals surface area contributed by atoms with Gasteiger partial charge >= 0.3 is 6.08 Å². The minimum Gasteiger partial charge on any atom is -0.396 e. The molecule has 29 heavy (non-hydrogen) atoms. The van der Waals surface area contributed by atoms with Crippen LogP contribution >= 0.6 is 0 Å². The first-order valence-corrected chi connectivity index (χ1v) is 9.18. The van der Waals surface area contributed by atoms with Crippen LogP contribution < -0.4 is 11.1 Å². The summed E-state index contributed by atoms with van der Waals surface area (Å²) in [6.45, 7) is 10.3. The number of rotatable bonds is 4. The molecule has 0 amide bonds. The lowest BCUT2D eigenvalue weighted by molar-refractivity contribution is 0.342. The molecular weight excluding hydrogens is 375 g/mol. The maximum atomic E-state index is 14.1. The highest BCUT2D eigenvalue weighted by Gasteiger charge is 2.27. The Kier molecular flexibility index (Phi) is 4.14. The SMILES string of the molecule is CC(C)(C)n1cnc2c(NCC(C)(C)n3nnc4cncc(N)c43)nc(F)nc21. The van der Waals surface area contributed by atoms with E-state index >= 15 is 0 Å². The number of nitrogens with zero attached hydrogens (tertiary/aromatic N) is 8. The van der Waals surface area contributed by atoms with E-state index in [0.717, 1.165) is 0 Å². The third-order valence-electron chi connectivity index (χ3n) is 4.73. The quantitative estimate of drug-likeness (QED) is 0.502. The molecule has 0 saturated heterocycles. The molecule has 0 atom stereocenters. The largest absolute Gasteiger partial charge is 0.396 e. The van der Waals surface area contributed by atoms with Crippen molar-refractivity contribution in [2.24, 2.45) is 0 Å². The number of pyridine rings is 1. The van der Waals surface area contributed by atoms with Crippen LogP contribution in [0.25, 0.3) is 22.2 Å². The van der Waals surface area contributed by atoms with Crippen LogP contribution in [0, 0.1) is 6.08 Å². The van der Waals surface area contributed by atoms with E-state index in [2.05, 4.69) is 35.6 Å². The van der Waals surface area contributed by atoms with Crippen molar-refractivity contribution in [2.45, 2.75) is 45.7 Å². The lowest BCUT2D eigenvalue weighted by Crippen LogP contribution is -2.35. The van der Waals surface area contributed by atoms with Crippen molar-refractivity contribution in [3.05, 3.63) is 24.8 Å². The van der Waals surface area contributed by atoms with Gasteiger partial charge in [0.25, 0.3) is 0 Å². The Balaban J connectivity index is 1.69. The van der Waals surface area contributed by atoms with Gasteiger partial charge in [0.15, 0.2) is 17.0 Å². The second-order valence-corrected chi connectivity index (χ2v) is 8.56. The van der Waals surface area contributed by atoms with Gasteiger partial charge in [0.2, 0.25) is 0 Å². The predicted octanol–water partition coefficient (Wildman–Crippen LogP) is 2.29. The van der Waals surface area contributed by atoms with Crippen LogP contribution in [-0.4, -0.2) is 46.0 Å². The number of fused-ring (bicyclic) bond motifs is 2. The van der Waals surface area contributed by atoms with E-state index in [1.54, 1.807) is 23.4 Å². The summed E-state index contributed by atoms with van der Waals surface area (Å²) < 4.78 is 17.7. The van der Waals surface area contributed by atoms with Crippen molar-refractivity contribution < 1.29 is 4.39 Å². The summed E-state index contributed by atoms with van der Waals surface area (Å²) in [4.78, 5) is 16.3. The van der Waals surface area contributed by atoms with Gasteiger partial charge in [-0.15, -0.1) is 5.10 Å². The molecule has 0 aliphatic heterocycles. The van der Waals surface area contributed by atoms with Gasteiger partial charge in [0.1, 0.15) is 11.0 Å². The van der Waals surface area contributed by atoms with Crippen molar-refractivity contribution in [2.75, 3.05) is 17.6 Å². The summed E-state index contributed by atoms with van der Waals surface area (Å²) in [5.41, 5.74) is 7.96. The van der Waals surface area contributed by atoms with Crippen molar-refractivity contribution in [1.29, 1.82) is 0 Å². The molecule has 11 heteroatoms. The smallest absolute Gasteiger partial charge is 0.312 e. The number of hydrogen-bond donors (Lipinski definition) is 2. The van der Waals surface area contributed by atoms with E-state index in [9.17, 15) is 4.39 Å². The molecule has 0 saturated carbocycles. The van der Waals surface area contributed by atoms with Crippen LogP contribution in [0.15, 0.2) is 18.7 Å². The summed E-state index contributed by atoms with van der Waals surface area (Å²) in [6.07, 6.45) is 4.01. The lowest BCUT2D eigenvalue weighted by Gasteiger charge is -2.26. The summed E-state index contributed by atoms with van der Waals surface area (Å²) in [5, 5.41) is 11.6. The highest BCUT2D eigenvalue weighted by atomic mass is 19.1. The Bertz CT molecular complexity index is 1200. The number of hydrogen-bond acceptors (Lipinski definition) is 8. The molecule has 152 valence electrons. The molecule has 10 nitrogen and oxygen atoms in total. The van der Waals surface area contributed by atoms with Gasteiger partial charge in [0.05, 0.1) is 29.9 Å². The van der Waals surface area contributed by atoms with Crippen molar-refractivity contribution >= 4 is 33.7 Å². The molecule has 4 rings (SSSR count). The molecule has 0 spiro atoms. The van der Waals surface area contributed by atoms with E-state index in [-0.39, 0.29) is 5.54 Å². The zero-order valence-corrected chi connectivity index (χ0v) is 17.0. The molecule has 4 aromatic heterocycles. The van der Waals surface area contributed by atoms with Crippen LogP contribution in [0.5, 0.6) is 0 Å². The lowest BCUT2D eigenvalue weighted by atomic mass is 10.1. The zero-order valence-electron chi connectivity index (χ0n) is 17.0. The molecule has 0 unspecified atom stereocenters. The van der Waals surface area contributed by atoms with E-state index in [4.69, 9.17) is 5.73 Å². The molecule has 0 radical (unpaired) electrons. The summed E-state index contributed by atoms with van der Waals surface area (Å²) in [7, 11) is 0. The second-order valence-electron chi connectivity index (χ2n) is 8.56. The fourth-order valence-corrected chi connectivity index (χ4v) is 3.19. The molecule has 3 N–H and O–H groups in total. The molecule has 0 bridgehead atoms. The van der Waals surface area contributed by atoms with E-state index in [0.29, 0.717) is 40.2 Å². The van der Waals surface area contributed by atoms with Gasteiger partial charge in [0, 0.05) is 12.1 Å². The summed E-state index contributed by atoms with van der Waals surface area (Å²) in [5.74, 6) is 0.322.